The predicted octanol–water partition coefficient (Wildman–Crippen LogP) is 4.73. The molecule has 0 unspecified atom stereocenters. The lowest BCUT2D eigenvalue weighted by Crippen LogP contribution is -2.15. The van der Waals surface area contributed by atoms with E-state index in [2.05, 4.69) is 4.98 Å². The van der Waals surface area contributed by atoms with Crippen molar-refractivity contribution >= 4 is 28.9 Å². The lowest BCUT2D eigenvalue weighted by atomic mass is 10.1. The highest BCUT2D eigenvalue weighted by Crippen LogP contribution is 2.22. The Bertz CT molecular complexity index is 1080. The number of benzene rings is 1. The average Bonchev–Trinajstić information content (AvgIpc) is 3.42. The molecule has 1 aromatic carbocycles. The summed E-state index contributed by atoms with van der Waals surface area (Å²) in [4.78, 5) is 41.2. The summed E-state index contributed by atoms with van der Waals surface area (Å²) in [6.45, 7) is 6.00. The highest BCUT2D eigenvalue weighted by Gasteiger charge is 2.19. The summed E-state index contributed by atoms with van der Waals surface area (Å²) in [6, 6.07) is 8.61. The monoisotopic (exact) mass is 454 g/mol. The molecular weight excluding hydrogens is 428 g/mol. The third kappa shape index (κ3) is 5.70. The smallest absolute Gasteiger partial charge is 0.306 e. The maximum atomic E-state index is 12.6. The Morgan fingerprint density at radius 3 is 2.47 bits per heavy atom. The first-order valence-electron chi connectivity index (χ1n) is 10.4. The Kier molecular flexibility index (Phi) is 7.94. The van der Waals surface area contributed by atoms with Crippen molar-refractivity contribution in [1.82, 2.24) is 9.55 Å². The Hall–Kier alpha value is -3.26. The molecule has 0 fully saturated rings. The quantitative estimate of drug-likeness (QED) is 0.308. The molecule has 2 heterocycles. The van der Waals surface area contributed by atoms with E-state index in [1.807, 2.05) is 30.7 Å². The van der Waals surface area contributed by atoms with Gasteiger partial charge in [0.2, 0.25) is 5.78 Å². The van der Waals surface area contributed by atoms with Gasteiger partial charge in [-0.05, 0) is 50.6 Å². The number of aryl methyl sites for hydroxylation is 1. The summed E-state index contributed by atoms with van der Waals surface area (Å²) < 4.78 is 12.5. The van der Waals surface area contributed by atoms with E-state index in [9.17, 15) is 14.4 Å². The van der Waals surface area contributed by atoms with Gasteiger partial charge in [-0.1, -0.05) is 6.92 Å². The minimum Gasteiger partial charge on any atom is -0.494 e. The molecule has 0 N–H and O–H groups in total. The third-order valence-corrected chi connectivity index (χ3v) is 5.67. The van der Waals surface area contributed by atoms with Gasteiger partial charge in [-0.2, -0.15) is 0 Å². The molecule has 7 nitrogen and oxygen atoms in total. The normalized spacial score (nSPS) is 10.7. The Morgan fingerprint density at radius 1 is 1.06 bits per heavy atom. The summed E-state index contributed by atoms with van der Waals surface area (Å²) in [5, 5.41) is 2.65. The average molecular weight is 455 g/mol. The van der Waals surface area contributed by atoms with Crippen LogP contribution < -0.4 is 4.74 Å². The molecule has 0 amide bonds. The Balaban J connectivity index is 1.49. The van der Waals surface area contributed by atoms with Crippen molar-refractivity contribution in [2.75, 3.05) is 13.2 Å². The lowest BCUT2D eigenvalue weighted by Gasteiger charge is -2.07. The summed E-state index contributed by atoms with van der Waals surface area (Å²) in [5.74, 6) is -0.329. The van der Waals surface area contributed by atoms with Gasteiger partial charge in [0.1, 0.15) is 5.75 Å². The van der Waals surface area contributed by atoms with Crippen LogP contribution in [-0.2, 0) is 9.53 Å². The van der Waals surface area contributed by atoms with E-state index in [1.165, 1.54) is 11.3 Å². The van der Waals surface area contributed by atoms with Crippen molar-refractivity contribution in [3.05, 3.63) is 64.4 Å². The lowest BCUT2D eigenvalue weighted by molar-refractivity contribution is -0.142. The first kappa shape index (κ1) is 23.4. The molecule has 0 bridgehead atoms. The summed E-state index contributed by atoms with van der Waals surface area (Å²) in [5.41, 5.74) is 2.63. The van der Waals surface area contributed by atoms with Gasteiger partial charge in [0.05, 0.1) is 13.0 Å². The van der Waals surface area contributed by atoms with E-state index >= 15 is 0 Å². The van der Waals surface area contributed by atoms with Crippen LogP contribution in [0.3, 0.4) is 0 Å². The molecule has 3 rings (SSSR count). The van der Waals surface area contributed by atoms with Gasteiger partial charge < -0.3 is 9.47 Å². The van der Waals surface area contributed by atoms with Gasteiger partial charge in [-0.25, -0.2) is 4.98 Å². The van der Waals surface area contributed by atoms with Crippen molar-refractivity contribution in [3.63, 3.8) is 0 Å². The standard InChI is InChI=1S/C24H26N2O5S/c1-4-12-30-19-7-5-18(6-8-19)21(27)9-10-23(29)31-15-22(28)20-14-16(2)26(17(20)3)24-25-11-13-32-24/h5-8,11,13-14H,4,9-10,12,15H2,1-3H3. The molecule has 0 radical (unpaired) electrons. The molecule has 168 valence electrons. The van der Waals surface area contributed by atoms with Crippen LogP contribution in [0.15, 0.2) is 41.9 Å². The molecule has 2 aromatic heterocycles. The van der Waals surface area contributed by atoms with Crippen LogP contribution in [0, 0.1) is 13.8 Å². The summed E-state index contributed by atoms with van der Waals surface area (Å²) >= 11 is 1.48. The van der Waals surface area contributed by atoms with Crippen LogP contribution in [0.5, 0.6) is 5.75 Å². The van der Waals surface area contributed by atoms with Crippen LogP contribution >= 0.6 is 11.3 Å². The number of hydrogen-bond donors (Lipinski definition) is 0. The fraction of sp³-hybridized carbons (Fsp3) is 0.333. The Labute approximate surface area is 191 Å². The summed E-state index contributed by atoms with van der Waals surface area (Å²) in [6.07, 6.45) is 2.54. The molecule has 32 heavy (non-hydrogen) atoms. The van der Waals surface area contributed by atoms with Crippen molar-refractivity contribution in [2.24, 2.45) is 0 Å². The van der Waals surface area contributed by atoms with Crippen molar-refractivity contribution in [2.45, 2.75) is 40.0 Å². The van der Waals surface area contributed by atoms with Gasteiger partial charge >= 0.3 is 5.97 Å². The number of Topliss-reactive ketones (excluding diaryl/α,β-unsaturated/α-hetero) is 2. The molecule has 0 aliphatic heterocycles. The molecule has 0 atom stereocenters. The molecule has 0 spiro atoms. The van der Waals surface area contributed by atoms with Crippen molar-refractivity contribution in [3.8, 4) is 10.9 Å². The number of esters is 1. The zero-order chi connectivity index (χ0) is 23.1. The fourth-order valence-corrected chi connectivity index (χ4v) is 4.03. The van der Waals surface area contributed by atoms with Crippen LogP contribution in [0.4, 0.5) is 0 Å². The van der Waals surface area contributed by atoms with Crippen LogP contribution in [-0.4, -0.2) is 40.3 Å². The van der Waals surface area contributed by atoms with Crippen molar-refractivity contribution < 1.29 is 23.9 Å². The Morgan fingerprint density at radius 2 is 1.81 bits per heavy atom. The highest BCUT2D eigenvalue weighted by atomic mass is 32.1. The summed E-state index contributed by atoms with van der Waals surface area (Å²) in [7, 11) is 0. The third-order valence-electron chi connectivity index (χ3n) is 4.91. The highest BCUT2D eigenvalue weighted by molar-refractivity contribution is 7.12. The van der Waals surface area contributed by atoms with Crippen LogP contribution in [0.1, 0.15) is 58.3 Å². The first-order chi connectivity index (χ1) is 15.4. The number of nitrogens with zero attached hydrogens (tertiary/aromatic N) is 2. The zero-order valence-corrected chi connectivity index (χ0v) is 19.2. The number of ketones is 2. The number of rotatable bonds is 11. The molecule has 0 saturated heterocycles. The number of ether oxygens (including phenoxy) is 2. The van der Waals surface area contributed by atoms with Gasteiger partial charge in [-0.3, -0.25) is 19.0 Å². The van der Waals surface area contributed by atoms with E-state index in [4.69, 9.17) is 9.47 Å². The second-order valence-electron chi connectivity index (χ2n) is 7.31. The van der Waals surface area contributed by atoms with Gasteiger partial charge in [-0.15, -0.1) is 11.3 Å². The fourth-order valence-electron chi connectivity index (χ4n) is 3.28. The van der Waals surface area contributed by atoms with E-state index in [-0.39, 0.29) is 31.0 Å². The number of carbonyl (C=O) groups excluding carboxylic acids is 3. The maximum absolute atomic E-state index is 12.6. The second kappa shape index (κ2) is 10.9. The number of hydrogen-bond acceptors (Lipinski definition) is 7. The molecule has 0 saturated carbocycles. The maximum Gasteiger partial charge on any atom is 0.306 e. The van der Waals surface area contributed by atoms with Gasteiger partial charge in [0.25, 0.3) is 0 Å². The van der Waals surface area contributed by atoms with Gasteiger partial charge in [0.15, 0.2) is 17.5 Å². The van der Waals surface area contributed by atoms with Crippen molar-refractivity contribution in [1.29, 1.82) is 0 Å². The minimum atomic E-state index is -0.580. The van der Waals surface area contributed by atoms with Crippen LogP contribution in [0.25, 0.3) is 5.13 Å². The van der Waals surface area contributed by atoms with E-state index in [1.54, 1.807) is 36.5 Å². The topological polar surface area (TPSA) is 87.5 Å². The SMILES string of the molecule is CCCOc1ccc(C(=O)CCC(=O)OCC(=O)c2cc(C)n(-c3nccs3)c2C)cc1. The molecular formula is C24H26N2O5S. The minimum absolute atomic E-state index is 0.0146. The van der Waals surface area contributed by atoms with Gasteiger partial charge in [0, 0.05) is 40.5 Å². The number of aromatic nitrogens is 2. The predicted molar refractivity (Wildman–Crippen MR) is 122 cm³/mol. The number of thiazole rings is 1. The molecule has 0 aliphatic carbocycles. The molecule has 0 aliphatic rings. The van der Waals surface area contributed by atoms with E-state index < -0.39 is 5.97 Å². The van der Waals surface area contributed by atoms with E-state index in [0.717, 1.165) is 22.9 Å². The number of carbonyl (C=O) groups is 3. The second-order valence-corrected chi connectivity index (χ2v) is 8.19. The first-order valence-corrected chi connectivity index (χ1v) is 11.3. The largest absolute Gasteiger partial charge is 0.494 e. The van der Waals surface area contributed by atoms with E-state index in [0.29, 0.717) is 23.5 Å². The molecule has 8 heteroatoms. The zero-order valence-electron chi connectivity index (χ0n) is 18.4. The van der Waals surface area contributed by atoms with Crippen LogP contribution in [0.2, 0.25) is 0 Å². The molecule has 3 aromatic rings.